The fourth-order valence-electron chi connectivity index (χ4n) is 1.71. The van der Waals surface area contributed by atoms with E-state index in [1.165, 1.54) is 0 Å². The van der Waals surface area contributed by atoms with E-state index in [0.29, 0.717) is 17.9 Å². The zero-order chi connectivity index (χ0) is 13.5. The Hall–Kier alpha value is -2.21. The summed E-state index contributed by atoms with van der Waals surface area (Å²) in [6.07, 6.45) is 6.42. The average molecular weight is 259 g/mol. The minimum absolute atomic E-state index is 0.0170. The van der Waals surface area contributed by atoms with Gasteiger partial charge in [-0.2, -0.15) is 5.10 Å². The van der Waals surface area contributed by atoms with E-state index in [1.54, 1.807) is 29.3 Å². The predicted octanol–water partition coefficient (Wildman–Crippen LogP) is 1.21. The number of nitrogens with one attached hydrogen (secondary N) is 2. The molecule has 2 rings (SSSR count). The Labute approximate surface area is 111 Å². The maximum absolute atomic E-state index is 11.8. The van der Waals surface area contributed by atoms with Crippen molar-refractivity contribution in [3.05, 3.63) is 36.8 Å². The second-order valence-electron chi connectivity index (χ2n) is 4.08. The maximum Gasteiger partial charge on any atom is 0.224 e. The molecule has 0 aliphatic carbocycles. The van der Waals surface area contributed by atoms with E-state index in [1.807, 2.05) is 19.2 Å². The molecule has 0 unspecified atom stereocenters. The molecule has 6 nitrogen and oxygen atoms in total. The molecule has 0 saturated heterocycles. The summed E-state index contributed by atoms with van der Waals surface area (Å²) in [5.74, 6) is 0.603. The molecule has 0 bridgehead atoms. The fourth-order valence-corrected chi connectivity index (χ4v) is 1.71. The monoisotopic (exact) mass is 259 g/mol. The van der Waals surface area contributed by atoms with Crippen molar-refractivity contribution in [2.24, 2.45) is 0 Å². The molecule has 0 aliphatic rings. The average Bonchev–Trinajstić information content (AvgIpc) is 2.93. The minimum Gasteiger partial charge on any atom is -0.323 e. The van der Waals surface area contributed by atoms with Crippen LogP contribution in [0, 0.1) is 0 Å². The van der Waals surface area contributed by atoms with E-state index in [4.69, 9.17) is 0 Å². The zero-order valence-corrected chi connectivity index (χ0v) is 10.8. The van der Waals surface area contributed by atoms with Crippen molar-refractivity contribution in [3.8, 4) is 5.82 Å². The molecule has 2 aromatic heterocycles. The molecule has 0 radical (unpaired) electrons. The van der Waals surface area contributed by atoms with Crippen molar-refractivity contribution < 1.29 is 4.79 Å². The molecule has 0 aliphatic heterocycles. The first-order chi connectivity index (χ1) is 9.31. The summed E-state index contributed by atoms with van der Waals surface area (Å²) >= 11 is 0. The first-order valence-corrected chi connectivity index (χ1v) is 6.21. The normalized spacial score (nSPS) is 10.4. The van der Waals surface area contributed by atoms with Gasteiger partial charge in [-0.15, -0.1) is 0 Å². The molecular formula is C13H17N5O. The summed E-state index contributed by atoms with van der Waals surface area (Å²) in [6, 6.07) is 5.42. The Bertz CT molecular complexity index is 524. The number of hydrogen-bond donors (Lipinski definition) is 2. The maximum atomic E-state index is 11.8. The van der Waals surface area contributed by atoms with E-state index >= 15 is 0 Å². The summed E-state index contributed by atoms with van der Waals surface area (Å²) in [6.45, 7) is 0.826. The number of pyridine rings is 1. The molecule has 0 saturated carbocycles. The third-order valence-electron chi connectivity index (χ3n) is 2.61. The van der Waals surface area contributed by atoms with Gasteiger partial charge in [0, 0.05) is 25.0 Å². The van der Waals surface area contributed by atoms with Crippen molar-refractivity contribution >= 4 is 11.6 Å². The highest BCUT2D eigenvalue weighted by atomic mass is 16.1. The Morgan fingerprint density at radius 3 is 3.00 bits per heavy atom. The summed E-state index contributed by atoms with van der Waals surface area (Å²) in [5, 5.41) is 10.0. The Kier molecular flexibility index (Phi) is 4.63. The lowest BCUT2D eigenvalue weighted by molar-refractivity contribution is -0.116. The Balaban J connectivity index is 2.06. The number of carbonyl (C=O) groups is 1. The van der Waals surface area contributed by atoms with E-state index < -0.39 is 0 Å². The third kappa shape index (κ3) is 3.62. The Morgan fingerprint density at radius 1 is 1.37 bits per heavy atom. The van der Waals surface area contributed by atoms with Gasteiger partial charge >= 0.3 is 0 Å². The van der Waals surface area contributed by atoms with Gasteiger partial charge in [0.2, 0.25) is 5.91 Å². The summed E-state index contributed by atoms with van der Waals surface area (Å²) in [5.41, 5.74) is 0.667. The molecule has 2 aromatic rings. The van der Waals surface area contributed by atoms with Gasteiger partial charge in [0.05, 0.1) is 5.69 Å². The van der Waals surface area contributed by atoms with Gasteiger partial charge in [-0.05, 0) is 38.2 Å². The number of rotatable bonds is 6. The first kappa shape index (κ1) is 13.2. The smallest absolute Gasteiger partial charge is 0.224 e. The first-order valence-electron chi connectivity index (χ1n) is 6.21. The van der Waals surface area contributed by atoms with Crippen molar-refractivity contribution in [2.75, 3.05) is 18.9 Å². The van der Waals surface area contributed by atoms with Crippen LogP contribution in [0.4, 0.5) is 5.69 Å². The highest BCUT2D eigenvalue weighted by Gasteiger charge is 2.09. The van der Waals surface area contributed by atoms with Crippen molar-refractivity contribution in [3.63, 3.8) is 0 Å². The molecule has 100 valence electrons. The topological polar surface area (TPSA) is 71.8 Å². The van der Waals surface area contributed by atoms with E-state index in [-0.39, 0.29) is 5.91 Å². The Morgan fingerprint density at radius 2 is 2.26 bits per heavy atom. The molecule has 2 heterocycles. The van der Waals surface area contributed by atoms with Crippen LogP contribution in [0.3, 0.4) is 0 Å². The van der Waals surface area contributed by atoms with Gasteiger partial charge in [-0.3, -0.25) is 4.79 Å². The zero-order valence-electron chi connectivity index (χ0n) is 10.8. The van der Waals surface area contributed by atoms with Crippen molar-refractivity contribution in [1.29, 1.82) is 0 Å². The number of hydrogen-bond acceptors (Lipinski definition) is 4. The van der Waals surface area contributed by atoms with Crippen molar-refractivity contribution in [1.82, 2.24) is 20.1 Å². The number of anilines is 1. The number of aromatic nitrogens is 3. The fraction of sp³-hybridized carbons (Fsp3) is 0.308. The third-order valence-corrected chi connectivity index (χ3v) is 2.61. The molecular weight excluding hydrogens is 242 g/mol. The van der Waals surface area contributed by atoms with Gasteiger partial charge in [0.25, 0.3) is 0 Å². The molecule has 2 N–H and O–H groups in total. The molecule has 19 heavy (non-hydrogen) atoms. The van der Waals surface area contributed by atoms with E-state index in [2.05, 4.69) is 20.7 Å². The molecule has 6 heteroatoms. The van der Waals surface area contributed by atoms with Crippen molar-refractivity contribution in [2.45, 2.75) is 12.8 Å². The number of nitrogens with zero attached hydrogens (tertiary/aromatic N) is 3. The largest absolute Gasteiger partial charge is 0.323 e. The summed E-state index contributed by atoms with van der Waals surface area (Å²) < 4.78 is 1.63. The van der Waals surface area contributed by atoms with E-state index in [9.17, 15) is 4.79 Å². The van der Waals surface area contributed by atoms with Crippen LogP contribution in [0.2, 0.25) is 0 Å². The highest BCUT2D eigenvalue weighted by molar-refractivity contribution is 5.92. The number of carbonyl (C=O) groups excluding carboxylic acids is 1. The van der Waals surface area contributed by atoms with Crippen LogP contribution in [0.5, 0.6) is 0 Å². The lowest BCUT2D eigenvalue weighted by atomic mass is 10.3. The minimum atomic E-state index is -0.0170. The standard InChI is InChI=1S/C13H17N5O/c1-14-7-3-6-12(19)17-11-5-2-8-15-13(11)18-10-4-9-16-18/h2,4-5,8-10,14H,3,6-7H2,1H3,(H,17,19). The molecule has 0 spiro atoms. The molecule has 0 atom stereocenters. The lowest BCUT2D eigenvalue weighted by Gasteiger charge is -2.09. The summed E-state index contributed by atoms with van der Waals surface area (Å²) in [4.78, 5) is 16.1. The second-order valence-corrected chi connectivity index (χ2v) is 4.08. The predicted molar refractivity (Wildman–Crippen MR) is 73.1 cm³/mol. The van der Waals surface area contributed by atoms with Crippen LogP contribution in [-0.2, 0) is 4.79 Å². The number of amides is 1. The molecule has 0 fully saturated rings. The van der Waals surface area contributed by atoms with Crippen LogP contribution in [0.1, 0.15) is 12.8 Å². The molecule has 1 amide bonds. The van der Waals surface area contributed by atoms with Crippen LogP contribution in [-0.4, -0.2) is 34.3 Å². The van der Waals surface area contributed by atoms with Crippen LogP contribution in [0.25, 0.3) is 5.82 Å². The van der Waals surface area contributed by atoms with Gasteiger partial charge < -0.3 is 10.6 Å². The van der Waals surface area contributed by atoms with Crippen LogP contribution in [0.15, 0.2) is 36.8 Å². The van der Waals surface area contributed by atoms with Crippen LogP contribution < -0.4 is 10.6 Å². The van der Waals surface area contributed by atoms with Gasteiger partial charge in [-0.1, -0.05) is 0 Å². The second kappa shape index (κ2) is 6.65. The summed E-state index contributed by atoms with van der Waals surface area (Å²) in [7, 11) is 1.87. The highest BCUT2D eigenvalue weighted by Crippen LogP contribution is 2.16. The van der Waals surface area contributed by atoms with Gasteiger partial charge in [0.15, 0.2) is 5.82 Å². The van der Waals surface area contributed by atoms with Gasteiger partial charge in [-0.25, -0.2) is 9.67 Å². The van der Waals surface area contributed by atoms with E-state index in [0.717, 1.165) is 13.0 Å². The molecule has 0 aromatic carbocycles. The SMILES string of the molecule is CNCCCC(=O)Nc1cccnc1-n1cccn1. The van der Waals surface area contributed by atoms with Crippen LogP contribution >= 0.6 is 0 Å². The quantitative estimate of drug-likeness (QED) is 0.765. The van der Waals surface area contributed by atoms with Gasteiger partial charge in [0.1, 0.15) is 0 Å². The lowest BCUT2D eigenvalue weighted by Crippen LogP contribution is -2.16.